The Kier molecular flexibility index (Phi) is 6.73. The number of pyridine rings is 1. The first-order valence-electron chi connectivity index (χ1n) is 9.11. The van der Waals surface area contributed by atoms with Crippen LogP contribution in [0, 0.1) is 6.92 Å². The molecule has 1 aromatic carbocycles. The van der Waals surface area contributed by atoms with E-state index in [1.165, 1.54) is 11.3 Å². The van der Waals surface area contributed by atoms with E-state index in [1.54, 1.807) is 0 Å². The topological polar surface area (TPSA) is 76.1 Å². The smallest absolute Gasteiger partial charge is 0.321 e. The largest absolute Gasteiger partial charge is 0.381 e. The lowest BCUT2D eigenvalue weighted by Crippen LogP contribution is -2.30. The highest BCUT2D eigenvalue weighted by atomic mass is 32.1. The number of hydrogen-bond donors (Lipinski definition) is 2. The zero-order valence-corrected chi connectivity index (χ0v) is 16.4. The number of aryl methyl sites for hydroxylation is 1. The Morgan fingerprint density at radius 2 is 2.07 bits per heavy atom. The van der Waals surface area contributed by atoms with E-state index in [2.05, 4.69) is 39.7 Å². The number of nitrogens with zero attached hydrogens (tertiary/aromatic N) is 2. The zero-order chi connectivity index (χ0) is 19.1. The molecular formula is C20H24N4O2S. The molecule has 2 N–H and O–H groups in total. The van der Waals surface area contributed by atoms with Crippen molar-refractivity contribution in [3.63, 3.8) is 0 Å². The van der Waals surface area contributed by atoms with Crippen molar-refractivity contribution >= 4 is 32.7 Å². The van der Waals surface area contributed by atoms with E-state index in [9.17, 15) is 4.79 Å². The summed E-state index contributed by atoms with van der Waals surface area (Å²) < 4.78 is 6.42. The van der Waals surface area contributed by atoms with Crippen molar-refractivity contribution in [2.75, 3.05) is 25.1 Å². The van der Waals surface area contributed by atoms with Crippen LogP contribution in [0.25, 0.3) is 21.3 Å². The van der Waals surface area contributed by atoms with Crippen LogP contribution in [-0.4, -0.2) is 35.8 Å². The number of anilines is 1. The van der Waals surface area contributed by atoms with Gasteiger partial charge < -0.3 is 10.1 Å². The molecule has 0 radical (unpaired) electrons. The first kappa shape index (κ1) is 19.3. The third-order valence-corrected chi connectivity index (χ3v) is 4.85. The number of urea groups is 1. The summed E-state index contributed by atoms with van der Waals surface area (Å²) in [6.45, 7) is 6.10. The first-order chi connectivity index (χ1) is 13.2. The molecule has 2 aromatic heterocycles. The molecule has 6 nitrogen and oxygen atoms in total. The number of benzene rings is 1. The van der Waals surface area contributed by atoms with Crippen LogP contribution in [0.5, 0.6) is 0 Å². The second-order valence-corrected chi connectivity index (χ2v) is 7.33. The summed E-state index contributed by atoms with van der Waals surface area (Å²) >= 11 is 1.46. The zero-order valence-electron chi connectivity index (χ0n) is 15.6. The monoisotopic (exact) mass is 384 g/mol. The Balaban J connectivity index is 1.59. The van der Waals surface area contributed by atoms with Crippen molar-refractivity contribution in [1.82, 2.24) is 15.3 Å². The molecule has 3 aromatic rings. The van der Waals surface area contributed by atoms with Crippen LogP contribution in [0.4, 0.5) is 9.93 Å². The molecule has 0 fully saturated rings. The van der Waals surface area contributed by atoms with Gasteiger partial charge in [0.2, 0.25) is 0 Å². The molecule has 0 aliphatic carbocycles. The van der Waals surface area contributed by atoms with Crippen molar-refractivity contribution in [2.24, 2.45) is 0 Å². The molecule has 7 heteroatoms. The van der Waals surface area contributed by atoms with Gasteiger partial charge in [-0.2, -0.15) is 0 Å². The standard InChI is InChI=1S/C20H24N4O2S/c1-3-8-26-9-4-7-22-19(25)24-20-23-17-6-5-15(11-18(17)27-20)16-10-14(2)12-21-13-16/h5-6,10-13H,3-4,7-9H2,1-2H3,(H2,22,23,24,25). The third-order valence-electron chi connectivity index (χ3n) is 3.92. The van der Waals surface area contributed by atoms with Gasteiger partial charge in [0.15, 0.2) is 5.13 Å². The van der Waals surface area contributed by atoms with E-state index in [-0.39, 0.29) is 6.03 Å². The molecule has 0 unspecified atom stereocenters. The first-order valence-corrected chi connectivity index (χ1v) is 9.92. The molecule has 2 heterocycles. The summed E-state index contributed by atoms with van der Waals surface area (Å²) in [6, 6.07) is 7.94. The van der Waals surface area contributed by atoms with Gasteiger partial charge in [0, 0.05) is 37.7 Å². The lowest BCUT2D eigenvalue weighted by atomic mass is 10.1. The summed E-state index contributed by atoms with van der Waals surface area (Å²) in [5, 5.41) is 6.22. The lowest BCUT2D eigenvalue weighted by molar-refractivity contribution is 0.132. The number of fused-ring (bicyclic) bond motifs is 1. The number of carbonyl (C=O) groups is 1. The predicted molar refractivity (Wildman–Crippen MR) is 110 cm³/mol. The Bertz CT molecular complexity index is 910. The second kappa shape index (κ2) is 9.43. The number of hydrogen-bond acceptors (Lipinski definition) is 5. The van der Waals surface area contributed by atoms with E-state index in [4.69, 9.17) is 4.74 Å². The maximum absolute atomic E-state index is 12.0. The van der Waals surface area contributed by atoms with E-state index in [1.807, 2.05) is 31.5 Å². The van der Waals surface area contributed by atoms with Gasteiger partial charge in [-0.1, -0.05) is 24.3 Å². The fraction of sp³-hybridized carbons (Fsp3) is 0.350. The van der Waals surface area contributed by atoms with Gasteiger partial charge in [-0.25, -0.2) is 9.78 Å². The van der Waals surface area contributed by atoms with Gasteiger partial charge in [-0.05, 0) is 49.1 Å². The normalized spacial score (nSPS) is 10.9. The van der Waals surface area contributed by atoms with Crippen LogP contribution in [0.3, 0.4) is 0 Å². The van der Waals surface area contributed by atoms with Gasteiger partial charge >= 0.3 is 6.03 Å². The average molecular weight is 385 g/mol. The van der Waals surface area contributed by atoms with Crippen LogP contribution in [-0.2, 0) is 4.74 Å². The molecule has 27 heavy (non-hydrogen) atoms. The molecule has 2 amide bonds. The SMILES string of the molecule is CCCOCCCNC(=O)Nc1nc2ccc(-c3cncc(C)c3)cc2s1. The Morgan fingerprint density at radius 3 is 2.89 bits per heavy atom. The number of carbonyl (C=O) groups excluding carboxylic acids is 1. The van der Waals surface area contributed by atoms with Crippen LogP contribution in [0.1, 0.15) is 25.3 Å². The highest BCUT2D eigenvalue weighted by molar-refractivity contribution is 7.22. The summed E-state index contributed by atoms with van der Waals surface area (Å²) in [7, 11) is 0. The highest BCUT2D eigenvalue weighted by Gasteiger charge is 2.09. The van der Waals surface area contributed by atoms with Crippen LogP contribution in [0.15, 0.2) is 36.7 Å². The molecule has 0 aliphatic heterocycles. The number of aromatic nitrogens is 2. The minimum atomic E-state index is -0.243. The van der Waals surface area contributed by atoms with Gasteiger partial charge in [0.05, 0.1) is 10.2 Å². The van der Waals surface area contributed by atoms with Gasteiger partial charge in [0.25, 0.3) is 0 Å². The van der Waals surface area contributed by atoms with Crippen LogP contribution in [0.2, 0.25) is 0 Å². The van der Waals surface area contributed by atoms with E-state index < -0.39 is 0 Å². The van der Waals surface area contributed by atoms with Gasteiger partial charge in [-0.15, -0.1) is 0 Å². The van der Waals surface area contributed by atoms with Crippen molar-refractivity contribution in [3.8, 4) is 11.1 Å². The molecule has 0 aliphatic rings. The van der Waals surface area contributed by atoms with Crippen LogP contribution >= 0.6 is 11.3 Å². The van der Waals surface area contributed by atoms with E-state index in [0.717, 1.165) is 46.4 Å². The average Bonchev–Trinajstić information content (AvgIpc) is 3.05. The highest BCUT2D eigenvalue weighted by Crippen LogP contribution is 2.30. The maximum atomic E-state index is 12.0. The number of nitrogens with one attached hydrogen (secondary N) is 2. The van der Waals surface area contributed by atoms with E-state index >= 15 is 0 Å². The molecule has 0 saturated carbocycles. The van der Waals surface area contributed by atoms with Crippen molar-refractivity contribution in [3.05, 3.63) is 42.2 Å². The third kappa shape index (κ3) is 5.48. The number of amides is 2. The Hall–Kier alpha value is -2.51. The lowest BCUT2D eigenvalue weighted by Gasteiger charge is -2.05. The van der Waals surface area contributed by atoms with Crippen LogP contribution < -0.4 is 10.6 Å². The molecule has 3 rings (SSSR count). The van der Waals surface area contributed by atoms with Crippen molar-refractivity contribution in [2.45, 2.75) is 26.7 Å². The molecule has 0 bridgehead atoms. The molecular weight excluding hydrogens is 360 g/mol. The fourth-order valence-corrected chi connectivity index (χ4v) is 3.53. The molecule has 142 valence electrons. The molecule has 0 saturated heterocycles. The molecule has 0 atom stereocenters. The number of thiazole rings is 1. The summed E-state index contributed by atoms with van der Waals surface area (Å²) in [4.78, 5) is 20.7. The Labute approximate surface area is 163 Å². The Morgan fingerprint density at radius 1 is 1.19 bits per heavy atom. The van der Waals surface area contributed by atoms with Gasteiger partial charge in [-0.3, -0.25) is 10.3 Å². The summed E-state index contributed by atoms with van der Waals surface area (Å²) in [5.41, 5.74) is 4.15. The summed E-state index contributed by atoms with van der Waals surface area (Å²) in [5.74, 6) is 0. The second-order valence-electron chi connectivity index (χ2n) is 6.30. The van der Waals surface area contributed by atoms with Gasteiger partial charge in [0.1, 0.15) is 0 Å². The van der Waals surface area contributed by atoms with Crippen molar-refractivity contribution < 1.29 is 9.53 Å². The van der Waals surface area contributed by atoms with Crippen molar-refractivity contribution in [1.29, 1.82) is 0 Å². The quantitative estimate of drug-likeness (QED) is 0.556. The molecule has 0 spiro atoms. The minimum Gasteiger partial charge on any atom is -0.381 e. The fourth-order valence-electron chi connectivity index (χ4n) is 2.63. The maximum Gasteiger partial charge on any atom is 0.321 e. The minimum absolute atomic E-state index is 0.243. The number of ether oxygens (including phenoxy) is 1. The predicted octanol–water partition coefficient (Wildman–Crippen LogP) is 4.60. The van der Waals surface area contributed by atoms with E-state index in [0.29, 0.717) is 18.3 Å². The summed E-state index contributed by atoms with van der Waals surface area (Å²) in [6.07, 6.45) is 5.49. The number of rotatable bonds is 8.